The molecule has 5 rings (SSSR count). The zero-order valence-corrected chi connectivity index (χ0v) is 23.6. The molecule has 1 fully saturated rings. The van der Waals surface area contributed by atoms with E-state index < -0.39 is 6.19 Å². The normalized spacial score (nSPS) is 24.6. The van der Waals surface area contributed by atoms with Crippen LogP contribution in [0.4, 0.5) is 11.4 Å². The molecule has 1 saturated heterocycles. The highest BCUT2D eigenvalue weighted by Crippen LogP contribution is 2.62. The van der Waals surface area contributed by atoms with Crippen molar-refractivity contribution < 1.29 is 14.2 Å². The number of ether oxygens (including phenoxy) is 2. The van der Waals surface area contributed by atoms with Gasteiger partial charge >= 0.3 is 5.90 Å². The van der Waals surface area contributed by atoms with Gasteiger partial charge in [-0.15, -0.1) is 0 Å². The Morgan fingerprint density at radius 1 is 1.14 bits per heavy atom. The molecule has 190 valence electrons. The molecule has 0 amide bonds. The Kier molecular flexibility index (Phi) is 6.94. The van der Waals surface area contributed by atoms with Crippen LogP contribution in [0.5, 0.6) is 0 Å². The van der Waals surface area contributed by atoms with Gasteiger partial charge in [-0.25, -0.2) is 0 Å². The molecule has 2 unspecified atom stereocenters. The quantitative estimate of drug-likeness (QED) is 0.381. The fourth-order valence-electron chi connectivity index (χ4n) is 5.61. The number of hydrazone groups is 1. The van der Waals surface area contributed by atoms with Gasteiger partial charge in [0.25, 0.3) is 0 Å². The Morgan fingerprint density at radius 3 is 2.47 bits per heavy atom. The van der Waals surface area contributed by atoms with E-state index in [-0.39, 0.29) is 11.1 Å². The molecule has 3 aliphatic heterocycles. The summed E-state index contributed by atoms with van der Waals surface area (Å²) in [5, 5.41) is 5.02. The van der Waals surface area contributed by atoms with E-state index in [9.17, 15) is 0 Å². The average Bonchev–Trinajstić information content (AvgIpc) is 3.32. The number of benzene rings is 2. The van der Waals surface area contributed by atoms with Crippen molar-refractivity contribution in [1.29, 1.82) is 0 Å². The summed E-state index contributed by atoms with van der Waals surface area (Å²) in [5.41, 5.74) is 5.56. The Bertz CT molecular complexity index is 1280. The van der Waals surface area contributed by atoms with Gasteiger partial charge in [0.15, 0.2) is 5.66 Å². The maximum Gasteiger partial charge on any atom is 0.389 e. The van der Waals surface area contributed by atoms with Crippen LogP contribution in [0.2, 0.25) is 0 Å². The van der Waals surface area contributed by atoms with Crippen molar-refractivity contribution >= 4 is 41.0 Å². The van der Waals surface area contributed by atoms with E-state index in [0.29, 0.717) is 19.8 Å². The minimum absolute atomic E-state index is 0.105. The molecule has 0 aliphatic carbocycles. The Hall–Kier alpha value is -2.31. The Morgan fingerprint density at radius 2 is 1.81 bits per heavy atom. The molecule has 3 aliphatic rings. The number of hydrogen-bond acceptors (Lipinski definition) is 5. The van der Waals surface area contributed by atoms with Gasteiger partial charge in [-0.2, -0.15) is 0 Å². The second-order valence-electron chi connectivity index (χ2n) is 10.0. The van der Waals surface area contributed by atoms with Crippen LogP contribution in [0.1, 0.15) is 33.3 Å². The molecule has 3 heterocycles. The van der Waals surface area contributed by atoms with Crippen molar-refractivity contribution in [3.63, 3.8) is 0 Å². The summed E-state index contributed by atoms with van der Waals surface area (Å²) in [5.74, 6) is 3.26. The lowest BCUT2D eigenvalue weighted by molar-refractivity contribution is -0.452. The molecule has 0 saturated carbocycles. The van der Waals surface area contributed by atoms with Crippen LogP contribution >= 0.6 is 6.19 Å². The highest BCUT2D eigenvalue weighted by Gasteiger charge is 2.51. The number of fused-ring (bicyclic) bond motifs is 1. The van der Waals surface area contributed by atoms with Crippen molar-refractivity contribution in [2.24, 2.45) is 5.10 Å². The summed E-state index contributed by atoms with van der Waals surface area (Å²) >= 11 is 6.83. The van der Waals surface area contributed by atoms with Gasteiger partial charge in [0, 0.05) is 54.2 Å². The molecule has 6 nitrogen and oxygen atoms in total. The number of para-hydroxylation sites is 2. The maximum absolute atomic E-state index is 6.83. The molecule has 36 heavy (non-hydrogen) atoms. The van der Waals surface area contributed by atoms with E-state index in [4.69, 9.17) is 26.4 Å². The molecule has 0 radical (unpaired) electrons. The Balaban J connectivity index is 1.69. The number of nitrogens with zero attached hydrogens (tertiary/aromatic N) is 4. The summed E-state index contributed by atoms with van der Waals surface area (Å²) in [7, 11) is 2.16. The van der Waals surface area contributed by atoms with Gasteiger partial charge in [0.2, 0.25) is 5.69 Å². The van der Waals surface area contributed by atoms with Crippen LogP contribution in [0.25, 0.3) is 0 Å². The van der Waals surface area contributed by atoms with Crippen LogP contribution in [-0.4, -0.2) is 66.6 Å². The van der Waals surface area contributed by atoms with Crippen molar-refractivity contribution in [3.05, 3.63) is 71.7 Å². The second kappa shape index (κ2) is 9.86. The van der Waals surface area contributed by atoms with Gasteiger partial charge < -0.3 is 14.4 Å². The summed E-state index contributed by atoms with van der Waals surface area (Å²) in [6.07, 6.45) is -2.39. The first-order chi connectivity index (χ1) is 17.3. The van der Waals surface area contributed by atoms with Crippen LogP contribution in [0, 0.1) is 0 Å². The SMILES string of the molecule is CCOC1=[N+](c2ccccc2)N=C(C)C1P(=S)(/C=C1\N(C)c2ccccc2C1(C)C)N1CCOCC1. The minimum atomic E-state index is -2.39. The minimum Gasteiger partial charge on any atom is -0.445 e. The molecule has 0 N–H and O–H groups in total. The van der Waals surface area contributed by atoms with Crippen molar-refractivity contribution in [3.8, 4) is 0 Å². The van der Waals surface area contributed by atoms with Crippen molar-refractivity contribution in [2.45, 2.75) is 38.8 Å². The van der Waals surface area contributed by atoms with Crippen LogP contribution < -0.4 is 4.90 Å². The summed E-state index contributed by atoms with van der Waals surface area (Å²) in [6.45, 7) is 12.3. The first kappa shape index (κ1) is 25.3. The number of allylic oxidation sites excluding steroid dienone is 1. The number of hydrogen-bond donors (Lipinski definition) is 0. The van der Waals surface area contributed by atoms with E-state index >= 15 is 0 Å². The number of anilines is 1. The van der Waals surface area contributed by atoms with Crippen LogP contribution in [0.15, 0.2) is 71.2 Å². The van der Waals surface area contributed by atoms with Crippen LogP contribution in [0.3, 0.4) is 0 Å². The fraction of sp³-hybridized carbons (Fsp3) is 0.429. The first-order valence-electron chi connectivity index (χ1n) is 12.7. The lowest BCUT2D eigenvalue weighted by atomic mass is 9.84. The molecule has 2 aromatic rings. The van der Waals surface area contributed by atoms with E-state index in [2.05, 4.69) is 79.6 Å². The molecule has 8 heteroatoms. The summed E-state index contributed by atoms with van der Waals surface area (Å²) < 4.78 is 16.6. The third-order valence-electron chi connectivity index (χ3n) is 7.44. The number of rotatable bonds is 5. The smallest absolute Gasteiger partial charge is 0.389 e. The van der Waals surface area contributed by atoms with Crippen molar-refractivity contribution in [1.82, 2.24) is 4.67 Å². The third kappa shape index (κ3) is 4.16. The standard InChI is InChI=1S/C28H36N4O2PS/c1-6-34-27-26(21(2)29-32(27)22-12-8-7-9-13-22)35(36,31-16-18-33-19-17-31)20-25-28(3,4)23-14-10-11-15-24(23)30(25)5/h7-15,20,26H,6,16-19H2,1-5H3/q+1/b25-20-. The van der Waals surface area contributed by atoms with E-state index in [1.807, 2.05) is 29.8 Å². The summed E-state index contributed by atoms with van der Waals surface area (Å²) in [4.78, 5) is 2.33. The number of morpholine rings is 1. The number of likely N-dealkylation sites (N-methyl/N-ethyl adjacent to an activating group) is 1. The maximum atomic E-state index is 6.83. The van der Waals surface area contributed by atoms with Gasteiger partial charge in [-0.05, 0) is 36.0 Å². The van der Waals surface area contributed by atoms with Crippen molar-refractivity contribution in [2.75, 3.05) is 44.9 Å². The second-order valence-corrected chi connectivity index (χ2v) is 14.5. The molecule has 2 atom stereocenters. The first-order valence-corrected chi connectivity index (χ1v) is 15.6. The Labute approximate surface area is 220 Å². The van der Waals surface area contributed by atoms with Gasteiger partial charge in [-0.1, -0.05) is 62.1 Å². The summed E-state index contributed by atoms with van der Waals surface area (Å²) in [6, 6.07) is 18.9. The fourth-order valence-corrected chi connectivity index (χ4v) is 10.5. The lowest BCUT2D eigenvalue weighted by Gasteiger charge is -2.39. The van der Waals surface area contributed by atoms with Crippen LogP contribution in [-0.2, 0) is 26.7 Å². The zero-order chi connectivity index (χ0) is 25.5. The topological polar surface area (TPSA) is 40.3 Å². The predicted octanol–water partition coefficient (Wildman–Crippen LogP) is 5.52. The van der Waals surface area contributed by atoms with E-state index in [1.165, 1.54) is 16.9 Å². The highest BCUT2D eigenvalue weighted by molar-refractivity contribution is 8.16. The van der Waals surface area contributed by atoms with E-state index in [1.54, 1.807) is 0 Å². The monoisotopic (exact) mass is 523 g/mol. The zero-order valence-electron chi connectivity index (χ0n) is 21.8. The predicted molar refractivity (Wildman–Crippen MR) is 153 cm³/mol. The van der Waals surface area contributed by atoms with Gasteiger partial charge in [-0.3, -0.25) is 4.67 Å². The molecule has 0 bridgehead atoms. The molecular formula is C28H36N4O2PS+. The highest BCUT2D eigenvalue weighted by atomic mass is 32.4. The third-order valence-corrected chi connectivity index (χ3v) is 12.3. The largest absolute Gasteiger partial charge is 0.445 e. The van der Waals surface area contributed by atoms with E-state index in [0.717, 1.165) is 30.4 Å². The molecule has 0 aromatic heterocycles. The average molecular weight is 524 g/mol. The van der Waals surface area contributed by atoms with Gasteiger partial charge in [0.05, 0.1) is 26.0 Å². The molecule has 0 spiro atoms. The lowest BCUT2D eigenvalue weighted by Crippen LogP contribution is -2.41. The molecule has 2 aromatic carbocycles. The molecular weight excluding hydrogens is 487 g/mol. The van der Waals surface area contributed by atoms with Gasteiger partial charge in [0.1, 0.15) is 5.71 Å².